The van der Waals surface area contributed by atoms with E-state index >= 15 is 0 Å². The molecule has 0 aromatic rings. The molecule has 1 fully saturated rings. The van der Waals surface area contributed by atoms with E-state index < -0.39 is 0 Å². The molecule has 0 unspecified atom stereocenters. The predicted molar refractivity (Wildman–Crippen MR) is 54.4 cm³/mol. The number of carbonyl (C=O) groups excluding carboxylic acids is 1. The number of nitrogens with two attached hydrogens (primary N) is 1. The van der Waals surface area contributed by atoms with E-state index in [-0.39, 0.29) is 17.2 Å². The van der Waals surface area contributed by atoms with Crippen LogP contribution in [0.15, 0.2) is 0 Å². The molecule has 0 aliphatic heterocycles. The zero-order valence-corrected chi connectivity index (χ0v) is 8.97. The van der Waals surface area contributed by atoms with Crippen molar-refractivity contribution >= 4 is 5.78 Å². The summed E-state index contributed by atoms with van der Waals surface area (Å²) in [5.74, 6) is 1.03. The first-order valence-corrected chi connectivity index (χ1v) is 5.17. The van der Waals surface area contributed by atoms with E-state index in [4.69, 9.17) is 5.73 Å². The van der Waals surface area contributed by atoms with Crippen LogP contribution in [0.3, 0.4) is 0 Å². The van der Waals surface area contributed by atoms with E-state index in [1.54, 1.807) is 6.92 Å². The maximum Gasteiger partial charge on any atom is 0.146 e. The lowest BCUT2D eigenvalue weighted by Gasteiger charge is -2.26. The Kier molecular flexibility index (Phi) is 3.12. The summed E-state index contributed by atoms with van der Waals surface area (Å²) in [4.78, 5) is 11.0. The predicted octanol–water partition coefficient (Wildman–Crippen LogP) is 2.12. The van der Waals surface area contributed by atoms with Crippen molar-refractivity contribution in [1.29, 1.82) is 0 Å². The van der Waals surface area contributed by atoms with Gasteiger partial charge in [0, 0.05) is 0 Å². The van der Waals surface area contributed by atoms with Crippen molar-refractivity contribution in [2.75, 3.05) is 0 Å². The van der Waals surface area contributed by atoms with Gasteiger partial charge in [0.1, 0.15) is 5.78 Å². The summed E-state index contributed by atoms with van der Waals surface area (Å²) in [5, 5.41) is 0. The first kappa shape index (κ1) is 10.7. The fourth-order valence-corrected chi connectivity index (χ4v) is 1.93. The van der Waals surface area contributed by atoms with Gasteiger partial charge in [-0.15, -0.1) is 0 Å². The molecule has 76 valence electrons. The van der Waals surface area contributed by atoms with E-state index in [1.165, 1.54) is 19.3 Å². The van der Waals surface area contributed by atoms with Gasteiger partial charge < -0.3 is 5.73 Å². The Morgan fingerprint density at radius 2 is 2.08 bits per heavy atom. The molecule has 2 heteroatoms. The van der Waals surface area contributed by atoms with E-state index in [0.29, 0.717) is 0 Å². The molecule has 13 heavy (non-hydrogen) atoms. The topological polar surface area (TPSA) is 43.1 Å². The maximum absolute atomic E-state index is 11.0. The second kappa shape index (κ2) is 3.79. The molecular weight excluding hydrogens is 162 g/mol. The lowest BCUT2D eigenvalue weighted by atomic mass is 9.80. The SMILES string of the molecule is CC(=O)[C@@H](N)CC(C)(C)CC1CC1. The third kappa shape index (κ3) is 3.90. The van der Waals surface area contributed by atoms with Crippen LogP contribution in [0.25, 0.3) is 0 Å². The molecule has 0 radical (unpaired) electrons. The van der Waals surface area contributed by atoms with Crippen molar-refractivity contribution in [3.8, 4) is 0 Å². The maximum atomic E-state index is 11.0. The van der Waals surface area contributed by atoms with Crippen molar-refractivity contribution < 1.29 is 4.79 Å². The van der Waals surface area contributed by atoms with Gasteiger partial charge in [-0.2, -0.15) is 0 Å². The van der Waals surface area contributed by atoms with Gasteiger partial charge in [-0.1, -0.05) is 26.7 Å². The Bertz CT molecular complexity index is 194. The molecule has 0 spiro atoms. The zero-order valence-electron chi connectivity index (χ0n) is 8.97. The first-order chi connectivity index (χ1) is 5.91. The van der Waals surface area contributed by atoms with Crippen LogP contribution < -0.4 is 5.73 Å². The second-order valence-corrected chi connectivity index (χ2v) is 5.23. The summed E-state index contributed by atoms with van der Waals surface area (Å²) in [6.45, 7) is 6.01. The summed E-state index contributed by atoms with van der Waals surface area (Å²) < 4.78 is 0. The minimum absolute atomic E-state index is 0.115. The summed E-state index contributed by atoms with van der Waals surface area (Å²) >= 11 is 0. The molecule has 2 nitrogen and oxygen atoms in total. The highest BCUT2D eigenvalue weighted by molar-refractivity contribution is 5.81. The number of hydrogen-bond acceptors (Lipinski definition) is 2. The van der Waals surface area contributed by atoms with Gasteiger partial charge in [-0.05, 0) is 31.1 Å². The fourth-order valence-electron chi connectivity index (χ4n) is 1.93. The van der Waals surface area contributed by atoms with Crippen molar-refractivity contribution in [1.82, 2.24) is 0 Å². The van der Waals surface area contributed by atoms with Gasteiger partial charge in [-0.3, -0.25) is 4.79 Å². The van der Waals surface area contributed by atoms with Crippen LogP contribution in [0.1, 0.15) is 46.5 Å². The Labute approximate surface area is 80.9 Å². The summed E-state index contributed by atoms with van der Waals surface area (Å²) in [6.07, 6.45) is 4.81. The molecule has 1 atom stereocenters. The highest BCUT2D eigenvalue weighted by Crippen LogP contribution is 2.41. The average Bonchev–Trinajstić information content (AvgIpc) is 2.69. The lowest BCUT2D eigenvalue weighted by molar-refractivity contribution is -0.118. The van der Waals surface area contributed by atoms with Crippen LogP contribution in [0, 0.1) is 11.3 Å². The van der Waals surface area contributed by atoms with Crippen molar-refractivity contribution in [2.45, 2.75) is 52.5 Å². The molecule has 0 saturated heterocycles. The van der Waals surface area contributed by atoms with Gasteiger partial charge in [-0.25, -0.2) is 0 Å². The normalized spacial score (nSPS) is 20.0. The smallest absolute Gasteiger partial charge is 0.146 e. The first-order valence-electron chi connectivity index (χ1n) is 5.17. The molecule has 0 heterocycles. The zero-order chi connectivity index (χ0) is 10.1. The highest BCUT2D eigenvalue weighted by atomic mass is 16.1. The van der Waals surface area contributed by atoms with Crippen LogP contribution in [-0.4, -0.2) is 11.8 Å². The largest absolute Gasteiger partial charge is 0.322 e. The summed E-state index contributed by atoms with van der Waals surface area (Å²) in [5.41, 5.74) is 5.99. The molecule has 1 rings (SSSR count). The Morgan fingerprint density at radius 1 is 1.54 bits per heavy atom. The van der Waals surface area contributed by atoms with Gasteiger partial charge in [0.25, 0.3) is 0 Å². The number of carbonyl (C=O) groups is 1. The molecule has 0 bridgehead atoms. The molecule has 2 N–H and O–H groups in total. The third-order valence-electron chi connectivity index (χ3n) is 2.83. The van der Waals surface area contributed by atoms with Crippen molar-refractivity contribution in [3.05, 3.63) is 0 Å². The second-order valence-electron chi connectivity index (χ2n) is 5.23. The molecule has 0 aromatic carbocycles. The van der Waals surface area contributed by atoms with Gasteiger partial charge in [0.15, 0.2) is 0 Å². The van der Waals surface area contributed by atoms with Gasteiger partial charge in [0.05, 0.1) is 6.04 Å². The number of Topliss-reactive ketones (excluding diaryl/α,β-unsaturated/α-hetero) is 1. The molecule has 1 saturated carbocycles. The average molecular weight is 183 g/mol. The Balaban J connectivity index is 2.34. The highest BCUT2D eigenvalue weighted by Gasteiger charge is 2.31. The van der Waals surface area contributed by atoms with Gasteiger partial charge in [0.2, 0.25) is 0 Å². The summed E-state index contributed by atoms with van der Waals surface area (Å²) in [6, 6.07) is -0.256. The van der Waals surface area contributed by atoms with Crippen LogP contribution in [0.5, 0.6) is 0 Å². The third-order valence-corrected chi connectivity index (χ3v) is 2.83. The minimum Gasteiger partial charge on any atom is -0.322 e. The minimum atomic E-state index is -0.256. The van der Waals surface area contributed by atoms with Crippen LogP contribution in [-0.2, 0) is 4.79 Å². The number of ketones is 1. The number of rotatable bonds is 5. The number of hydrogen-bond donors (Lipinski definition) is 1. The molecule has 1 aliphatic rings. The van der Waals surface area contributed by atoms with E-state index in [1.807, 2.05) is 0 Å². The molecule has 0 amide bonds. The van der Waals surface area contributed by atoms with Crippen LogP contribution in [0.4, 0.5) is 0 Å². The quantitative estimate of drug-likeness (QED) is 0.709. The standard InChI is InChI=1S/C11H21NO/c1-8(13)10(12)7-11(2,3)6-9-4-5-9/h9-10H,4-7,12H2,1-3H3/t10-/m0/s1. The van der Waals surface area contributed by atoms with E-state index in [2.05, 4.69) is 13.8 Å². The monoisotopic (exact) mass is 183 g/mol. The fraction of sp³-hybridized carbons (Fsp3) is 0.909. The van der Waals surface area contributed by atoms with Gasteiger partial charge >= 0.3 is 0 Å². The van der Waals surface area contributed by atoms with Crippen molar-refractivity contribution in [3.63, 3.8) is 0 Å². The van der Waals surface area contributed by atoms with Crippen LogP contribution in [0.2, 0.25) is 0 Å². The molecule has 0 aromatic heterocycles. The Morgan fingerprint density at radius 3 is 2.46 bits per heavy atom. The Hall–Kier alpha value is -0.370. The van der Waals surface area contributed by atoms with E-state index in [0.717, 1.165) is 12.3 Å². The lowest BCUT2D eigenvalue weighted by Crippen LogP contribution is -2.34. The van der Waals surface area contributed by atoms with E-state index in [9.17, 15) is 4.79 Å². The molecule has 1 aliphatic carbocycles. The summed E-state index contributed by atoms with van der Waals surface area (Å²) in [7, 11) is 0. The van der Waals surface area contributed by atoms with Crippen LogP contribution >= 0.6 is 0 Å². The van der Waals surface area contributed by atoms with Crippen molar-refractivity contribution in [2.24, 2.45) is 17.1 Å². The molecular formula is C11H21NO.